The Bertz CT molecular complexity index is 1240. The molecule has 1 aliphatic carbocycles. The Hall–Kier alpha value is -2.90. The molecule has 6 nitrogen and oxygen atoms in total. The minimum atomic E-state index is -0.175. The number of fused-ring (bicyclic) bond motifs is 1. The summed E-state index contributed by atoms with van der Waals surface area (Å²) in [5.74, 6) is 1.55. The van der Waals surface area contributed by atoms with Crippen molar-refractivity contribution >= 4 is 32.9 Å². The molecule has 1 saturated heterocycles. The van der Waals surface area contributed by atoms with Crippen LogP contribution in [0.3, 0.4) is 0 Å². The largest absolute Gasteiger partial charge is 0.512 e. The van der Waals surface area contributed by atoms with Gasteiger partial charge in [0.2, 0.25) is 0 Å². The van der Waals surface area contributed by atoms with Crippen LogP contribution in [0.5, 0.6) is 16.7 Å². The summed E-state index contributed by atoms with van der Waals surface area (Å²) in [6.07, 6.45) is 3.33. The predicted molar refractivity (Wildman–Crippen MR) is 128 cm³/mol. The number of aryl methyl sites for hydroxylation is 1. The first-order chi connectivity index (χ1) is 16.0. The Kier molecular flexibility index (Phi) is 5.85. The third-order valence-corrected chi connectivity index (χ3v) is 7.61. The SMILES string of the molecule is CCc1ccc(Oc2nc3ccc(OC)cc3s2)cc1C1=C(O)CC2(CCOCC2)CC1=O. The standard InChI is InChI=1S/C26H27NO5S/c1-3-16-4-5-18(32-25-27-20-7-6-17(30-2)13-23(20)33-25)12-19(16)24-21(28)14-26(15-22(24)29)8-10-31-11-9-26/h4-7,12-13,28H,3,8-11,14-15H2,1-2H3. The summed E-state index contributed by atoms with van der Waals surface area (Å²) in [6.45, 7) is 3.34. The van der Waals surface area contributed by atoms with Crippen LogP contribution in [-0.2, 0) is 16.0 Å². The Balaban J connectivity index is 1.47. The van der Waals surface area contributed by atoms with Crippen molar-refractivity contribution in [3.63, 3.8) is 0 Å². The van der Waals surface area contributed by atoms with Crippen LogP contribution in [0, 0.1) is 5.41 Å². The third-order valence-electron chi connectivity index (χ3n) is 6.71. The van der Waals surface area contributed by atoms with E-state index in [1.165, 1.54) is 11.3 Å². The smallest absolute Gasteiger partial charge is 0.279 e. The molecule has 0 radical (unpaired) electrons. The maximum absolute atomic E-state index is 13.3. The molecule has 2 aromatic carbocycles. The maximum atomic E-state index is 13.3. The minimum Gasteiger partial charge on any atom is -0.512 e. The molecule has 7 heteroatoms. The number of allylic oxidation sites excluding steroid dienone is 2. The van der Waals surface area contributed by atoms with Gasteiger partial charge in [0.15, 0.2) is 5.78 Å². The molecule has 172 valence electrons. The van der Waals surface area contributed by atoms with E-state index < -0.39 is 0 Å². The monoisotopic (exact) mass is 465 g/mol. The molecule has 1 N–H and O–H groups in total. The van der Waals surface area contributed by atoms with Crippen LogP contribution >= 0.6 is 11.3 Å². The first kappa shape index (κ1) is 21.9. The van der Waals surface area contributed by atoms with E-state index in [9.17, 15) is 9.90 Å². The van der Waals surface area contributed by atoms with Crippen molar-refractivity contribution in [1.82, 2.24) is 4.98 Å². The van der Waals surface area contributed by atoms with Crippen LogP contribution in [0.25, 0.3) is 15.8 Å². The van der Waals surface area contributed by atoms with Crippen molar-refractivity contribution in [3.8, 4) is 16.7 Å². The number of methoxy groups -OCH3 is 1. The molecule has 0 unspecified atom stereocenters. The van der Waals surface area contributed by atoms with E-state index in [-0.39, 0.29) is 17.0 Å². The Morgan fingerprint density at radius 1 is 1.12 bits per heavy atom. The van der Waals surface area contributed by atoms with Gasteiger partial charge in [-0.3, -0.25) is 4.79 Å². The molecule has 1 aliphatic heterocycles. The zero-order valence-electron chi connectivity index (χ0n) is 18.8. The fourth-order valence-corrected chi connectivity index (χ4v) is 5.74. The van der Waals surface area contributed by atoms with Crippen LogP contribution in [0.4, 0.5) is 0 Å². The molecule has 3 aromatic rings. The molecule has 0 amide bonds. The number of hydrogen-bond acceptors (Lipinski definition) is 7. The van der Waals surface area contributed by atoms with Gasteiger partial charge in [-0.2, -0.15) is 0 Å². The second-order valence-corrected chi connectivity index (χ2v) is 9.79. The maximum Gasteiger partial charge on any atom is 0.279 e. The second-order valence-electron chi connectivity index (χ2n) is 8.80. The predicted octanol–water partition coefficient (Wildman–Crippen LogP) is 6.09. The van der Waals surface area contributed by atoms with E-state index >= 15 is 0 Å². The normalized spacial score (nSPS) is 18.2. The van der Waals surface area contributed by atoms with Gasteiger partial charge in [0, 0.05) is 26.1 Å². The highest BCUT2D eigenvalue weighted by atomic mass is 32.1. The Labute approximate surface area is 196 Å². The van der Waals surface area contributed by atoms with Crippen molar-refractivity contribution < 1.29 is 24.1 Å². The molecule has 5 rings (SSSR count). The zero-order valence-corrected chi connectivity index (χ0v) is 19.7. The van der Waals surface area contributed by atoms with E-state index in [2.05, 4.69) is 4.98 Å². The van der Waals surface area contributed by atoms with Crippen molar-refractivity contribution in [2.45, 2.75) is 39.0 Å². The molecule has 1 fully saturated rings. The first-order valence-electron chi connectivity index (χ1n) is 11.3. The Morgan fingerprint density at radius 2 is 1.91 bits per heavy atom. The lowest BCUT2D eigenvalue weighted by atomic mass is 9.67. The number of nitrogens with zero attached hydrogens (tertiary/aromatic N) is 1. The van der Waals surface area contributed by atoms with Gasteiger partial charge in [0.25, 0.3) is 5.19 Å². The lowest BCUT2D eigenvalue weighted by Gasteiger charge is -2.39. The highest BCUT2D eigenvalue weighted by Gasteiger charge is 2.41. The summed E-state index contributed by atoms with van der Waals surface area (Å²) in [7, 11) is 1.64. The highest BCUT2D eigenvalue weighted by molar-refractivity contribution is 7.20. The van der Waals surface area contributed by atoms with Gasteiger partial charge in [-0.05, 0) is 66.1 Å². The number of aliphatic hydroxyl groups is 1. The summed E-state index contributed by atoms with van der Waals surface area (Å²) in [4.78, 5) is 17.8. The van der Waals surface area contributed by atoms with E-state index in [0.29, 0.717) is 42.6 Å². The van der Waals surface area contributed by atoms with Gasteiger partial charge in [-0.15, -0.1) is 0 Å². The molecule has 0 saturated carbocycles. The minimum absolute atomic E-state index is 0.000387. The van der Waals surface area contributed by atoms with Crippen molar-refractivity contribution in [2.75, 3.05) is 20.3 Å². The summed E-state index contributed by atoms with van der Waals surface area (Å²) < 4.78 is 17.8. The van der Waals surface area contributed by atoms with Gasteiger partial charge >= 0.3 is 0 Å². The molecule has 2 aliphatic rings. The van der Waals surface area contributed by atoms with E-state index in [0.717, 1.165) is 46.4 Å². The Morgan fingerprint density at radius 3 is 2.64 bits per heavy atom. The molecule has 0 atom stereocenters. The summed E-state index contributed by atoms with van der Waals surface area (Å²) in [5.41, 5.74) is 2.86. The van der Waals surface area contributed by atoms with E-state index in [1.807, 2.05) is 43.3 Å². The quantitative estimate of drug-likeness (QED) is 0.491. The second kappa shape index (κ2) is 8.80. The third kappa shape index (κ3) is 4.23. The van der Waals surface area contributed by atoms with Crippen LogP contribution in [0.15, 0.2) is 42.2 Å². The van der Waals surface area contributed by atoms with Crippen LogP contribution < -0.4 is 9.47 Å². The molecule has 33 heavy (non-hydrogen) atoms. The number of benzene rings is 2. The molecule has 1 aromatic heterocycles. The number of ketones is 1. The van der Waals surface area contributed by atoms with Gasteiger partial charge in [-0.25, -0.2) is 4.98 Å². The van der Waals surface area contributed by atoms with Crippen molar-refractivity contribution in [2.24, 2.45) is 5.41 Å². The first-order valence-corrected chi connectivity index (χ1v) is 12.1. The van der Waals surface area contributed by atoms with Crippen LogP contribution in [0.2, 0.25) is 0 Å². The van der Waals surface area contributed by atoms with Gasteiger partial charge < -0.3 is 19.3 Å². The van der Waals surface area contributed by atoms with Gasteiger partial charge in [-0.1, -0.05) is 24.3 Å². The molecule has 2 heterocycles. The van der Waals surface area contributed by atoms with Crippen molar-refractivity contribution in [3.05, 3.63) is 53.3 Å². The van der Waals surface area contributed by atoms with Gasteiger partial charge in [0.05, 0.1) is 22.9 Å². The zero-order chi connectivity index (χ0) is 23.0. The fourth-order valence-electron chi connectivity index (χ4n) is 4.87. The number of aliphatic hydroxyl groups excluding tert-OH is 1. The number of ether oxygens (including phenoxy) is 3. The number of carbonyl (C=O) groups excluding carboxylic acids is 1. The highest BCUT2D eigenvalue weighted by Crippen LogP contribution is 2.47. The van der Waals surface area contributed by atoms with Crippen LogP contribution in [-0.4, -0.2) is 36.2 Å². The molecular formula is C26H27NO5S. The number of aromatic nitrogens is 1. The number of thiazole rings is 1. The van der Waals surface area contributed by atoms with Crippen LogP contribution in [0.1, 0.15) is 43.7 Å². The van der Waals surface area contributed by atoms with E-state index in [4.69, 9.17) is 14.2 Å². The van der Waals surface area contributed by atoms with E-state index in [1.54, 1.807) is 7.11 Å². The number of Topliss-reactive ketones (excluding diaryl/α,β-unsaturated/α-hetero) is 1. The van der Waals surface area contributed by atoms with Crippen molar-refractivity contribution in [1.29, 1.82) is 0 Å². The number of hydrogen-bond donors (Lipinski definition) is 1. The van der Waals surface area contributed by atoms with Gasteiger partial charge in [0.1, 0.15) is 17.3 Å². The average Bonchev–Trinajstić information content (AvgIpc) is 3.20. The summed E-state index contributed by atoms with van der Waals surface area (Å²) in [6, 6.07) is 11.4. The number of carbonyl (C=O) groups is 1. The lowest BCUT2D eigenvalue weighted by Crippen LogP contribution is -2.36. The summed E-state index contributed by atoms with van der Waals surface area (Å²) in [5, 5.41) is 11.5. The average molecular weight is 466 g/mol. The topological polar surface area (TPSA) is 77.9 Å². The number of rotatable bonds is 5. The lowest BCUT2D eigenvalue weighted by molar-refractivity contribution is -0.118. The summed E-state index contributed by atoms with van der Waals surface area (Å²) >= 11 is 1.44. The fraction of sp³-hybridized carbons (Fsp3) is 0.385. The molecule has 0 bridgehead atoms. The molecule has 1 spiro atoms. The molecular weight excluding hydrogens is 438 g/mol.